The second-order valence-corrected chi connectivity index (χ2v) is 6.92. The van der Waals surface area contributed by atoms with E-state index in [9.17, 15) is 5.11 Å². The smallest absolute Gasteiger partial charge is 0.0945 e. The predicted octanol–water partition coefficient (Wildman–Crippen LogP) is 3.66. The summed E-state index contributed by atoms with van der Waals surface area (Å²) in [4.78, 5) is 0. The van der Waals surface area contributed by atoms with Crippen LogP contribution in [0.1, 0.15) is 32.6 Å². The van der Waals surface area contributed by atoms with Crippen molar-refractivity contribution in [1.29, 1.82) is 0 Å². The number of hydrogen-bond donors (Lipinski definition) is 2. The van der Waals surface area contributed by atoms with Crippen LogP contribution in [-0.2, 0) is 4.74 Å². The molecule has 2 N–H and O–H groups in total. The van der Waals surface area contributed by atoms with Crippen molar-refractivity contribution in [2.24, 2.45) is 5.92 Å². The maximum atomic E-state index is 9.99. The van der Waals surface area contributed by atoms with Gasteiger partial charge in [0.15, 0.2) is 0 Å². The van der Waals surface area contributed by atoms with Crippen LogP contribution in [0.5, 0.6) is 0 Å². The Morgan fingerprint density at radius 1 is 1.30 bits per heavy atom. The van der Waals surface area contributed by atoms with Crippen molar-refractivity contribution in [3.63, 3.8) is 0 Å². The van der Waals surface area contributed by atoms with Gasteiger partial charge >= 0.3 is 0 Å². The Hall–Kier alpha value is -0.330. The number of hydrogen-bond acceptors (Lipinski definition) is 3. The summed E-state index contributed by atoms with van der Waals surface area (Å²) in [6.45, 7) is 3.20. The Morgan fingerprint density at radius 2 is 2.00 bits per heavy atom. The van der Waals surface area contributed by atoms with Crippen LogP contribution in [0, 0.1) is 9.49 Å². The Balaban J connectivity index is 1.67. The van der Waals surface area contributed by atoms with Gasteiger partial charge in [-0.1, -0.05) is 19.8 Å². The molecule has 0 heterocycles. The molecule has 112 valence electrons. The third-order valence-electron chi connectivity index (χ3n) is 3.92. The molecule has 0 amide bonds. The van der Waals surface area contributed by atoms with Crippen molar-refractivity contribution in [3.05, 3.63) is 27.8 Å². The first-order valence-electron chi connectivity index (χ1n) is 7.44. The lowest BCUT2D eigenvalue weighted by Crippen LogP contribution is -2.32. The lowest BCUT2D eigenvalue weighted by Gasteiger charge is -2.29. The molecule has 4 heteroatoms. The third-order valence-corrected chi connectivity index (χ3v) is 4.64. The van der Waals surface area contributed by atoms with E-state index in [1.165, 1.54) is 22.8 Å². The van der Waals surface area contributed by atoms with E-state index >= 15 is 0 Å². The van der Waals surface area contributed by atoms with Gasteiger partial charge < -0.3 is 15.2 Å². The fraction of sp³-hybridized carbons (Fsp3) is 0.625. The summed E-state index contributed by atoms with van der Waals surface area (Å²) in [5.74, 6) is 0.625. The SMILES string of the molecule is CC1CCCCC1OCC(O)CNc1ccc(I)cc1. The fourth-order valence-electron chi connectivity index (χ4n) is 2.63. The number of aliphatic hydroxyl groups excluding tert-OH is 1. The molecule has 0 bridgehead atoms. The van der Waals surface area contributed by atoms with Gasteiger partial charge in [0.1, 0.15) is 0 Å². The van der Waals surface area contributed by atoms with Crippen LogP contribution in [-0.4, -0.2) is 30.5 Å². The first-order valence-corrected chi connectivity index (χ1v) is 8.52. The highest BCUT2D eigenvalue weighted by Crippen LogP contribution is 2.26. The van der Waals surface area contributed by atoms with Crippen molar-refractivity contribution in [2.75, 3.05) is 18.5 Å². The largest absolute Gasteiger partial charge is 0.389 e. The number of rotatable bonds is 6. The van der Waals surface area contributed by atoms with Gasteiger partial charge in [-0.05, 0) is 65.6 Å². The second kappa shape index (κ2) is 8.20. The van der Waals surface area contributed by atoms with Gasteiger partial charge in [-0.2, -0.15) is 0 Å². The Kier molecular flexibility index (Phi) is 6.58. The van der Waals surface area contributed by atoms with Crippen LogP contribution in [0.4, 0.5) is 5.69 Å². The molecule has 20 heavy (non-hydrogen) atoms. The molecule has 1 aliphatic carbocycles. The maximum absolute atomic E-state index is 9.99. The minimum absolute atomic E-state index is 0.330. The summed E-state index contributed by atoms with van der Waals surface area (Å²) >= 11 is 2.28. The van der Waals surface area contributed by atoms with Gasteiger partial charge in [0.25, 0.3) is 0 Å². The van der Waals surface area contributed by atoms with Crippen molar-refractivity contribution in [3.8, 4) is 0 Å². The Bertz CT molecular complexity index is 396. The first kappa shape index (κ1) is 16.0. The van der Waals surface area contributed by atoms with E-state index in [4.69, 9.17) is 4.74 Å². The van der Waals surface area contributed by atoms with Gasteiger partial charge in [0.05, 0.1) is 18.8 Å². The standard InChI is InChI=1S/C16H24INO2/c1-12-4-2-3-5-16(12)20-11-15(19)10-18-14-8-6-13(17)7-9-14/h6-9,12,15-16,18-19H,2-5,10-11H2,1H3. The summed E-state index contributed by atoms with van der Waals surface area (Å²) in [5, 5.41) is 13.2. The number of nitrogens with one attached hydrogen (secondary N) is 1. The second-order valence-electron chi connectivity index (χ2n) is 5.68. The minimum Gasteiger partial charge on any atom is -0.389 e. The molecule has 1 aromatic rings. The molecule has 1 saturated carbocycles. The normalized spacial score (nSPS) is 24.4. The van der Waals surface area contributed by atoms with Crippen LogP contribution < -0.4 is 5.32 Å². The molecule has 0 aromatic heterocycles. The van der Waals surface area contributed by atoms with Crippen molar-refractivity contribution in [1.82, 2.24) is 0 Å². The molecule has 3 atom stereocenters. The fourth-order valence-corrected chi connectivity index (χ4v) is 2.99. The van der Waals surface area contributed by atoms with Gasteiger partial charge in [-0.15, -0.1) is 0 Å². The monoisotopic (exact) mass is 389 g/mol. The number of halogens is 1. The molecule has 3 nitrogen and oxygen atoms in total. The summed E-state index contributed by atoms with van der Waals surface area (Å²) in [7, 11) is 0. The van der Waals surface area contributed by atoms with Crippen LogP contribution in [0.3, 0.4) is 0 Å². The lowest BCUT2D eigenvalue weighted by atomic mass is 9.88. The zero-order valence-electron chi connectivity index (χ0n) is 12.0. The Labute approximate surface area is 135 Å². The molecule has 0 spiro atoms. The molecule has 0 aliphatic heterocycles. The number of ether oxygens (including phenoxy) is 1. The van der Waals surface area contributed by atoms with Gasteiger partial charge in [0.2, 0.25) is 0 Å². The van der Waals surface area contributed by atoms with Crippen LogP contribution in [0.25, 0.3) is 0 Å². The zero-order valence-corrected chi connectivity index (χ0v) is 14.2. The molecule has 3 unspecified atom stereocenters. The highest BCUT2D eigenvalue weighted by atomic mass is 127. The molecule has 1 fully saturated rings. The highest BCUT2D eigenvalue weighted by molar-refractivity contribution is 14.1. The van der Waals surface area contributed by atoms with E-state index in [-0.39, 0.29) is 0 Å². The lowest BCUT2D eigenvalue weighted by molar-refractivity contribution is -0.0424. The first-order chi connectivity index (χ1) is 9.65. The quantitative estimate of drug-likeness (QED) is 0.730. The van der Waals surface area contributed by atoms with E-state index < -0.39 is 6.10 Å². The predicted molar refractivity (Wildman–Crippen MR) is 91.0 cm³/mol. The zero-order chi connectivity index (χ0) is 14.4. The molecule has 1 aliphatic rings. The molecular weight excluding hydrogens is 365 g/mol. The third kappa shape index (κ3) is 5.22. The summed E-state index contributed by atoms with van der Waals surface area (Å²) < 4.78 is 7.08. The molecular formula is C16H24INO2. The van der Waals surface area contributed by atoms with Crippen LogP contribution in [0.15, 0.2) is 24.3 Å². The van der Waals surface area contributed by atoms with Gasteiger partial charge in [-0.25, -0.2) is 0 Å². The topological polar surface area (TPSA) is 41.5 Å². The van der Waals surface area contributed by atoms with Gasteiger partial charge in [-0.3, -0.25) is 0 Å². The van der Waals surface area contributed by atoms with Crippen LogP contribution in [0.2, 0.25) is 0 Å². The molecule has 0 radical (unpaired) electrons. The minimum atomic E-state index is -0.455. The average molecular weight is 389 g/mol. The van der Waals surface area contributed by atoms with E-state index in [1.54, 1.807) is 0 Å². The van der Waals surface area contributed by atoms with E-state index in [2.05, 4.69) is 47.0 Å². The van der Waals surface area contributed by atoms with E-state index in [0.717, 1.165) is 12.1 Å². The number of anilines is 1. The van der Waals surface area contributed by atoms with E-state index in [0.29, 0.717) is 25.2 Å². The highest BCUT2D eigenvalue weighted by Gasteiger charge is 2.22. The van der Waals surface area contributed by atoms with E-state index in [1.807, 2.05) is 12.1 Å². The molecule has 0 saturated heterocycles. The van der Waals surface area contributed by atoms with Gasteiger partial charge in [0, 0.05) is 15.8 Å². The summed E-state index contributed by atoms with van der Waals surface area (Å²) in [6, 6.07) is 8.15. The number of benzene rings is 1. The van der Waals surface area contributed by atoms with Crippen molar-refractivity contribution >= 4 is 28.3 Å². The van der Waals surface area contributed by atoms with Crippen molar-refractivity contribution < 1.29 is 9.84 Å². The molecule has 1 aromatic carbocycles. The summed E-state index contributed by atoms with van der Waals surface area (Å²) in [6.07, 6.45) is 4.84. The van der Waals surface area contributed by atoms with Crippen molar-refractivity contribution in [2.45, 2.75) is 44.8 Å². The summed E-state index contributed by atoms with van der Waals surface area (Å²) in [5.41, 5.74) is 1.04. The molecule has 2 rings (SSSR count). The number of aliphatic hydroxyl groups is 1. The average Bonchev–Trinajstić information content (AvgIpc) is 2.46. The maximum Gasteiger partial charge on any atom is 0.0945 e. The van der Waals surface area contributed by atoms with Crippen LogP contribution >= 0.6 is 22.6 Å². The Morgan fingerprint density at radius 3 is 2.70 bits per heavy atom.